The van der Waals surface area contributed by atoms with Gasteiger partial charge >= 0.3 is 0 Å². The number of amides is 1. The molecule has 2 fully saturated rings. The monoisotopic (exact) mass is 341 g/mol. The fourth-order valence-electron chi connectivity index (χ4n) is 3.67. The van der Waals surface area contributed by atoms with E-state index in [1.165, 1.54) is 4.68 Å². The van der Waals surface area contributed by atoms with Gasteiger partial charge in [-0.1, -0.05) is 18.6 Å². The molecule has 2 aliphatic rings. The van der Waals surface area contributed by atoms with Crippen molar-refractivity contribution in [1.82, 2.24) is 9.66 Å². The van der Waals surface area contributed by atoms with Gasteiger partial charge in [0.25, 0.3) is 5.56 Å². The number of para-hydroxylation sites is 1. The Kier molecular flexibility index (Phi) is 4.29. The van der Waals surface area contributed by atoms with Crippen LogP contribution in [-0.4, -0.2) is 28.8 Å². The molecule has 132 valence electrons. The quantitative estimate of drug-likeness (QED) is 0.927. The summed E-state index contributed by atoms with van der Waals surface area (Å²) in [7, 11) is 1.69. The SMILES string of the molecule is COC1CCCC(C(=O)Nn2c(C3CC3)nc3ccccc3c2=O)C1. The lowest BCUT2D eigenvalue weighted by Crippen LogP contribution is -2.40. The molecule has 25 heavy (non-hydrogen) atoms. The van der Waals surface area contributed by atoms with Crippen LogP contribution in [0.3, 0.4) is 0 Å². The van der Waals surface area contributed by atoms with Crippen molar-refractivity contribution in [2.45, 2.75) is 50.5 Å². The Balaban J connectivity index is 1.66. The molecule has 1 aromatic heterocycles. The number of nitrogens with one attached hydrogen (secondary N) is 1. The normalized spacial score (nSPS) is 23.6. The molecule has 2 atom stereocenters. The lowest BCUT2D eigenvalue weighted by atomic mass is 9.87. The summed E-state index contributed by atoms with van der Waals surface area (Å²) in [5, 5.41) is 0.533. The van der Waals surface area contributed by atoms with Crippen LogP contribution in [0.15, 0.2) is 29.1 Å². The molecule has 2 saturated carbocycles. The summed E-state index contributed by atoms with van der Waals surface area (Å²) in [6.45, 7) is 0. The van der Waals surface area contributed by atoms with E-state index < -0.39 is 0 Å². The molecule has 0 spiro atoms. The molecule has 1 amide bonds. The third-order valence-electron chi connectivity index (χ3n) is 5.30. The number of rotatable bonds is 4. The summed E-state index contributed by atoms with van der Waals surface area (Å²) in [5.74, 6) is 0.707. The smallest absolute Gasteiger partial charge is 0.280 e. The number of carbonyl (C=O) groups excluding carboxylic acids is 1. The number of methoxy groups -OCH3 is 1. The highest BCUT2D eigenvalue weighted by Crippen LogP contribution is 2.38. The number of fused-ring (bicyclic) bond motifs is 1. The van der Waals surface area contributed by atoms with E-state index in [0.717, 1.165) is 32.1 Å². The molecule has 6 heteroatoms. The van der Waals surface area contributed by atoms with Crippen LogP contribution in [0.1, 0.15) is 50.3 Å². The van der Waals surface area contributed by atoms with Gasteiger partial charge in [-0.3, -0.25) is 15.0 Å². The van der Waals surface area contributed by atoms with Crippen molar-refractivity contribution in [3.8, 4) is 0 Å². The highest BCUT2D eigenvalue weighted by Gasteiger charge is 2.32. The van der Waals surface area contributed by atoms with Gasteiger partial charge in [-0.05, 0) is 44.2 Å². The standard InChI is InChI=1S/C19H23N3O3/c1-25-14-6-4-5-13(11-14)18(23)21-22-17(12-9-10-12)20-16-8-3-2-7-15(16)19(22)24/h2-3,7-8,12-14H,4-6,9-11H2,1H3,(H,21,23). The van der Waals surface area contributed by atoms with Crippen molar-refractivity contribution in [3.05, 3.63) is 40.4 Å². The topological polar surface area (TPSA) is 73.2 Å². The minimum Gasteiger partial charge on any atom is -0.381 e. The van der Waals surface area contributed by atoms with Crippen LogP contribution in [-0.2, 0) is 9.53 Å². The fraction of sp³-hybridized carbons (Fsp3) is 0.526. The Morgan fingerprint density at radius 2 is 2.04 bits per heavy atom. The average molecular weight is 341 g/mol. The van der Waals surface area contributed by atoms with Crippen LogP contribution in [0.4, 0.5) is 0 Å². The lowest BCUT2D eigenvalue weighted by Gasteiger charge is -2.27. The van der Waals surface area contributed by atoms with Gasteiger partial charge in [0.15, 0.2) is 0 Å². The second-order valence-corrected chi connectivity index (χ2v) is 7.10. The molecule has 0 aliphatic heterocycles. The minimum absolute atomic E-state index is 0.108. The summed E-state index contributed by atoms with van der Waals surface area (Å²) in [5.41, 5.74) is 3.35. The van der Waals surface area contributed by atoms with E-state index in [4.69, 9.17) is 4.74 Å². The number of aromatic nitrogens is 2. The highest BCUT2D eigenvalue weighted by atomic mass is 16.5. The predicted molar refractivity (Wildman–Crippen MR) is 95.1 cm³/mol. The first-order valence-corrected chi connectivity index (χ1v) is 9.02. The number of carbonyl (C=O) groups is 1. The van der Waals surface area contributed by atoms with E-state index in [9.17, 15) is 9.59 Å². The number of ether oxygens (including phenoxy) is 1. The summed E-state index contributed by atoms with van der Waals surface area (Å²) in [6.07, 6.45) is 5.64. The maximum absolute atomic E-state index is 12.9. The molecule has 2 aliphatic carbocycles. The zero-order chi connectivity index (χ0) is 17.4. The maximum Gasteiger partial charge on any atom is 0.280 e. The number of benzene rings is 1. The van der Waals surface area contributed by atoms with Gasteiger partial charge in [-0.15, -0.1) is 0 Å². The summed E-state index contributed by atoms with van der Waals surface area (Å²) in [6, 6.07) is 7.30. The Morgan fingerprint density at radius 3 is 2.80 bits per heavy atom. The summed E-state index contributed by atoms with van der Waals surface area (Å²) in [4.78, 5) is 30.3. The van der Waals surface area contributed by atoms with E-state index in [1.807, 2.05) is 18.2 Å². The molecule has 1 N–H and O–H groups in total. The Morgan fingerprint density at radius 1 is 1.24 bits per heavy atom. The average Bonchev–Trinajstić information content (AvgIpc) is 3.49. The first-order chi connectivity index (χ1) is 12.2. The molecule has 1 aromatic carbocycles. The van der Waals surface area contributed by atoms with Crippen LogP contribution < -0.4 is 11.0 Å². The van der Waals surface area contributed by atoms with Gasteiger partial charge in [-0.2, -0.15) is 0 Å². The van der Waals surface area contributed by atoms with Crippen molar-refractivity contribution < 1.29 is 9.53 Å². The molecular weight excluding hydrogens is 318 g/mol. The van der Waals surface area contributed by atoms with E-state index in [-0.39, 0.29) is 29.4 Å². The lowest BCUT2D eigenvalue weighted by molar-refractivity contribution is -0.123. The minimum atomic E-state index is -0.194. The first kappa shape index (κ1) is 16.3. The Bertz CT molecular complexity index is 857. The van der Waals surface area contributed by atoms with Gasteiger partial charge in [0.1, 0.15) is 5.82 Å². The van der Waals surface area contributed by atoms with E-state index in [0.29, 0.717) is 23.1 Å². The number of hydrogen-bond donors (Lipinski definition) is 1. The molecule has 6 nitrogen and oxygen atoms in total. The largest absolute Gasteiger partial charge is 0.381 e. The molecule has 4 rings (SSSR count). The molecular formula is C19H23N3O3. The zero-order valence-electron chi connectivity index (χ0n) is 14.4. The number of hydrogen-bond acceptors (Lipinski definition) is 4. The third kappa shape index (κ3) is 3.18. The zero-order valence-corrected chi connectivity index (χ0v) is 14.4. The van der Waals surface area contributed by atoms with Crippen molar-refractivity contribution in [1.29, 1.82) is 0 Å². The molecule has 0 saturated heterocycles. The van der Waals surface area contributed by atoms with Gasteiger partial charge in [0, 0.05) is 18.9 Å². The molecule has 0 radical (unpaired) electrons. The summed E-state index contributed by atoms with van der Waals surface area (Å²) >= 11 is 0. The summed E-state index contributed by atoms with van der Waals surface area (Å²) < 4.78 is 6.80. The number of nitrogens with zero attached hydrogens (tertiary/aromatic N) is 2. The predicted octanol–water partition coefficient (Wildman–Crippen LogP) is 2.55. The molecule has 0 bridgehead atoms. The van der Waals surface area contributed by atoms with Gasteiger partial charge in [0.05, 0.1) is 17.0 Å². The first-order valence-electron chi connectivity index (χ1n) is 9.02. The fourth-order valence-corrected chi connectivity index (χ4v) is 3.67. The van der Waals surface area contributed by atoms with Crippen LogP contribution in [0, 0.1) is 5.92 Å². The third-order valence-corrected chi connectivity index (χ3v) is 5.30. The van der Waals surface area contributed by atoms with Crippen molar-refractivity contribution in [2.75, 3.05) is 12.5 Å². The van der Waals surface area contributed by atoms with Gasteiger partial charge < -0.3 is 4.74 Å². The molecule has 1 heterocycles. The molecule has 2 aromatic rings. The van der Waals surface area contributed by atoms with Crippen LogP contribution in [0.5, 0.6) is 0 Å². The van der Waals surface area contributed by atoms with E-state index in [2.05, 4.69) is 10.4 Å². The van der Waals surface area contributed by atoms with Crippen molar-refractivity contribution in [2.24, 2.45) is 5.92 Å². The van der Waals surface area contributed by atoms with E-state index in [1.54, 1.807) is 13.2 Å². The maximum atomic E-state index is 12.9. The second-order valence-electron chi connectivity index (χ2n) is 7.10. The van der Waals surface area contributed by atoms with Gasteiger partial charge in [-0.25, -0.2) is 9.66 Å². The Hall–Kier alpha value is -2.21. The van der Waals surface area contributed by atoms with Crippen molar-refractivity contribution >= 4 is 16.8 Å². The molecule has 2 unspecified atom stereocenters. The second kappa shape index (κ2) is 6.59. The Labute approximate surface area is 146 Å². The van der Waals surface area contributed by atoms with Crippen LogP contribution >= 0.6 is 0 Å². The van der Waals surface area contributed by atoms with Gasteiger partial charge in [0.2, 0.25) is 5.91 Å². The van der Waals surface area contributed by atoms with Crippen molar-refractivity contribution in [3.63, 3.8) is 0 Å². The van der Waals surface area contributed by atoms with E-state index >= 15 is 0 Å². The van der Waals surface area contributed by atoms with Crippen LogP contribution in [0.2, 0.25) is 0 Å². The highest BCUT2D eigenvalue weighted by molar-refractivity contribution is 5.87. The van der Waals surface area contributed by atoms with Crippen LogP contribution in [0.25, 0.3) is 10.9 Å².